The Bertz CT molecular complexity index is 997. The summed E-state index contributed by atoms with van der Waals surface area (Å²) >= 11 is 0. The van der Waals surface area contributed by atoms with Crippen LogP contribution in [0, 0.1) is 0 Å². The summed E-state index contributed by atoms with van der Waals surface area (Å²) < 4.78 is 1.72. The van der Waals surface area contributed by atoms with Gasteiger partial charge in [0, 0.05) is 37.3 Å². The molecule has 0 aliphatic carbocycles. The summed E-state index contributed by atoms with van der Waals surface area (Å²) in [6.07, 6.45) is 5.29. The van der Waals surface area contributed by atoms with Crippen LogP contribution in [0.3, 0.4) is 0 Å². The topological polar surface area (TPSA) is 97.3 Å². The standard InChI is InChI=1S/C20H23N5O2/c1-24-11-14(9-22-24)17-8-19(20(21)27)23-18-7-13(4-5-16(17)18)10-25-6-2-3-15(26)12-25/h4-5,7-9,11,15,26H,2-3,6,10,12H2,1H3,(H2,21,27). The molecule has 7 nitrogen and oxygen atoms in total. The smallest absolute Gasteiger partial charge is 0.267 e. The molecule has 7 heteroatoms. The number of aromatic nitrogens is 3. The second kappa shape index (κ2) is 7.09. The predicted octanol–water partition coefficient (Wildman–Crippen LogP) is 1.69. The number of hydrogen-bond donors (Lipinski definition) is 2. The molecule has 0 spiro atoms. The molecule has 1 saturated heterocycles. The van der Waals surface area contributed by atoms with Gasteiger partial charge >= 0.3 is 0 Å². The fourth-order valence-electron chi connectivity index (χ4n) is 3.73. The molecule has 1 fully saturated rings. The van der Waals surface area contributed by atoms with Gasteiger partial charge in [-0.1, -0.05) is 12.1 Å². The second-order valence-electron chi connectivity index (χ2n) is 7.20. The fraction of sp³-hybridized carbons (Fsp3) is 0.350. The summed E-state index contributed by atoms with van der Waals surface area (Å²) in [4.78, 5) is 18.5. The van der Waals surface area contributed by atoms with Gasteiger partial charge in [0.1, 0.15) is 5.69 Å². The van der Waals surface area contributed by atoms with Crippen LogP contribution in [0.2, 0.25) is 0 Å². The van der Waals surface area contributed by atoms with Crippen LogP contribution in [-0.4, -0.2) is 49.9 Å². The summed E-state index contributed by atoms with van der Waals surface area (Å²) in [6.45, 7) is 2.41. The van der Waals surface area contributed by atoms with Gasteiger partial charge in [0.2, 0.25) is 0 Å². The van der Waals surface area contributed by atoms with Crippen molar-refractivity contribution >= 4 is 16.8 Å². The molecule has 1 unspecified atom stereocenters. The molecule has 140 valence electrons. The van der Waals surface area contributed by atoms with Crippen LogP contribution in [-0.2, 0) is 13.6 Å². The fourth-order valence-corrected chi connectivity index (χ4v) is 3.73. The van der Waals surface area contributed by atoms with Crippen molar-refractivity contribution in [1.29, 1.82) is 0 Å². The first-order valence-corrected chi connectivity index (χ1v) is 9.12. The maximum Gasteiger partial charge on any atom is 0.267 e. The average Bonchev–Trinajstić information content (AvgIpc) is 3.06. The Hall–Kier alpha value is -2.77. The maximum atomic E-state index is 11.8. The molecule has 0 bridgehead atoms. The Kier molecular flexibility index (Phi) is 4.63. The first-order valence-electron chi connectivity index (χ1n) is 9.12. The first-order chi connectivity index (χ1) is 13.0. The predicted molar refractivity (Wildman–Crippen MR) is 103 cm³/mol. The van der Waals surface area contributed by atoms with Crippen molar-refractivity contribution in [2.45, 2.75) is 25.5 Å². The molecule has 1 aliphatic rings. The number of primary amides is 1. The third-order valence-electron chi connectivity index (χ3n) is 5.03. The van der Waals surface area contributed by atoms with Crippen LogP contribution in [0.5, 0.6) is 0 Å². The number of piperidine rings is 1. The number of fused-ring (bicyclic) bond motifs is 1. The normalized spacial score (nSPS) is 18.1. The molecule has 0 saturated carbocycles. The van der Waals surface area contributed by atoms with Gasteiger partial charge in [0.25, 0.3) is 5.91 Å². The molecular weight excluding hydrogens is 342 g/mol. The zero-order valence-corrected chi connectivity index (χ0v) is 15.3. The number of aliphatic hydroxyl groups excluding tert-OH is 1. The summed E-state index contributed by atoms with van der Waals surface area (Å²) in [5.74, 6) is -0.549. The number of nitrogens with two attached hydrogens (primary N) is 1. The van der Waals surface area contributed by atoms with Crippen molar-refractivity contribution in [3.8, 4) is 11.1 Å². The van der Waals surface area contributed by atoms with Crippen molar-refractivity contribution < 1.29 is 9.90 Å². The largest absolute Gasteiger partial charge is 0.392 e. The number of aryl methyl sites for hydroxylation is 1. The Labute approximate surface area is 157 Å². The van der Waals surface area contributed by atoms with Gasteiger partial charge in [-0.2, -0.15) is 5.10 Å². The quantitative estimate of drug-likeness (QED) is 0.733. The molecule has 3 heterocycles. The number of carbonyl (C=O) groups excluding carboxylic acids is 1. The molecule has 1 aromatic carbocycles. The van der Waals surface area contributed by atoms with Gasteiger partial charge in [-0.3, -0.25) is 14.4 Å². The van der Waals surface area contributed by atoms with Gasteiger partial charge in [0.15, 0.2) is 0 Å². The van der Waals surface area contributed by atoms with Crippen LogP contribution < -0.4 is 5.73 Å². The minimum atomic E-state index is -0.549. The summed E-state index contributed by atoms with van der Waals surface area (Å²) in [6, 6.07) is 7.84. The summed E-state index contributed by atoms with van der Waals surface area (Å²) in [7, 11) is 1.85. The number of carbonyl (C=O) groups is 1. The van der Waals surface area contributed by atoms with Crippen molar-refractivity contribution in [1.82, 2.24) is 19.7 Å². The van der Waals surface area contributed by atoms with E-state index in [1.807, 2.05) is 25.4 Å². The highest BCUT2D eigenvalue weighted by Gasteiger charge is 2.18. The van der Waals surface area contributed by atoms with Crippen LogP contribution in [0.4, 0.5) is 0 Å². The van der Waals surface area contributed by atoms with Crippen LogP contribution in [0.1, 0.15) is 28.9 Å². The van der Waals surface area contributed by atoms with Gasteiger partial charge in [0.05, 0.1) is 17.8 Å². The van der Waals surface area contributed by atoms with E-state index in [-0.39, 0.29) is 11.8 Å². The van der Waals surface area contributed by atoms with Gasteiger partial charge < -0.3 is 10.8 Å². The van der Waals surface area contributed by atoms with Crippen LogP contribution in [0.15, 0.2) is 36.7 Å². The number of pyridine rings is 1. The van der Waals surface area contributed by atoms with E-state index in [1.54, 1.807) is 16.9 Å². The monoisotopic (exact) mass is 365 g/mol. The number of amides is 1. The second-order valence-corrected chi connectivity index (χ2v) is 7.20. The van der Waals surface area contributed by atoms with E-state index in [0.29, 0.717) is 6.54 Å². The Morgan fingerprint density at radius 1 is 1.37 bits per heavy atom. The van der Waals surface area contributed by atoms with E-state index in [9.17, 15) is 9.90 Å². The molecule has 3 aromatic rings. The molecule has 1 atom stereocenters. The number of β-amino-alcohol motifs (C(OH)–C–C–N with tert-alkyl or cyclic N) is 1. The maximum absolute atomic E-state index is 11.8. The molecule has 4 rings (SSSR count). The van der Waals surface area contributed by atoms with Crippen molar-refractivity contribution in [2.24, 2.45) is 12.8 Å². The summed E-state index contributed by atoms with van der Waals surface area (Å²) in [5, 5.41) is 15.1. The van der Waals surface area contributed by atoms with E-state index >= 15 is 0 Å². The first kappa shape index (κ1) is 17.6. The number of aliphatic hydroxyl groups is 1. The minimum absolute atomic E-state index is 0.242. The molecule has 2 aromatic heterocycles. The molecule has 3 N–H and O–H groups in total. The van der Waals surface area contributed by atoms with Crippen LogP contribution in [0.25, 0.3) is 22.0 Å². The third-order valence-corrected chi connectivity index (χ3v) is 5.03. The van der Waals surface area contributed by atoms with E-state index in [4.69, 9.17) is 5.73 Å². The van der Waals surface area contributed by atoms with E-state index in [0.717, 1.165) is 53.5 Å². The highest BCUT2D eigenvalue weighted by Crippen LogP contribution is 2.29. The SMILES string of the molecule is Cn1cc(-c2cc(C(N)=O)nc3cc(CN4CCCC(O)C4)ccc23)cn1. The molecular formula is C20H23N5O2. The van der Waals surface area contributed by atoms with Gasteiger partial charge in [-0.25, -0.2) is 4.98 Å². The average molecular weight is 365 g/mol. The lowest BCUT2D eigenvalue weighted by Gasteiger charge is -2.30. The number of benzene rings is 1. The Balaban J connectivity index is 1.75. The number of likely N-dealkylation sites (tertiary alicyclic amines) is 1. The van der Waals surface area contributed by atoms with Crippen molar-refractivity contribution in [3.05, 3.63) is 47.9 Å². The lowest BCUT2D eigenvalue weighted by atomic mass is 10.0. The molecule has 27 heavy (non-hydrogen) atoms. The number of nitrogens with zero attached hydrogens (tertiary/aromatic N) is 4. The number of hydrogen-bond acceptors (Lipinski definition) is 5. The zero-order valence-electron chi connectivity index (χ0n) is 15.3. The van der Waals surface area contributed by atoms with Crippen molar-refractivity contribution in [3.63, 3.8) is 0 Å². The third kappa shape index (κ3) is 3.70. The molecule has 1 aliphatic heterocycles. The zero-order chi connectivity index (χ0) is 19.0. The highest BCUT2D eigenvalue weighted by atomic mass is 16.3. The van der Waals surface area contributed by atoms with E-state index < -0.39 is 5.91 Å². The Morgan fingerprint density at radius 3 is 2.93 bits per heavy atom. The van der Waals surface area contributed by atoms with Crippen molar-refractivity contribution in [2.75, 3.05) is 13.1 Å². The van der Waals surface area contributed by atoms with E-state index in [1.165, 1.54) is 0 Å². The van der Waals surface area contributed by atoms with Gasteiger partial charge in [-0.05, 0) is 42.6 Å². The van der Waals surface area contributed by atoms with Gasteiger partial charge in [-0.15, -0.1) is 0 Å². The number of rotatable bonds is 4. The highest BCUT2D eigenvalue weighted by molar-refractivity contribution is 6.00. The Morgan fingerprint density at radius 2 is 2.22 bits per heavy atom. The summed E-state index contributed by atoms with van der Waals surface area (Å²) in [5.41, 5.74) is 9.39. The van der Waals surface area contributed by atoms with E-state index in [2.05, 4.69) is 21.0 Å². The van der Waals surface area contributed by atoms with Crippen LogP contribution >= 0.6 is 0 Å². The molecule has 0 radical (unpaired) electrons. The molecule has 1 amide bonds. The minimum Gasteiger partial charge on any atom is -0.392 e. The lowest BCUT2D eigenvalue weighted by Crippen LogP contribution is -2.37. The lowest BCUT2D eigenvalue weighted by molar-refractivity contribution is 0.0668.